The van der Waals surface area contributed by atoms with Gasteiger partial charge >= 0.3 is 5.97 Å². The maximum Gasteiger partial charge on any atom is 0.303 e. The van der Waals surface area contributed by atoms with Crippen molar-refractivity contribution in [3.8, 4) is 0 Å². The summed E-state index contributed by atoms with van der Waals surface area (Å²) in [4.78, 5) is 36.9. The van der Waals surface area contributed by atoms with Gasteiger partial charge in [-0.15, -0.1) is 0 Å². The lowest BCUT2D eigenvalue weighted by Gasteiger charge is -2.64. The number of halogens is 1. The van der Waals surface area contributed by atoms with Crippen LogP contribution in [-0.4, -0.2) is 54.9 Å². The summed E-state index contributed by atoms with van der Waals surface area (Å²) in [5, 5.41) is 12.0. The zero-order valence-corrected chi connectivity index (χ0v) is 22.9. The fraction of sp³-hybridized carbons (Fsp3) is 0.741. The van der Waals surface area contributed by atoms with Crippen molar-refractivity contribution in [2.45, 2.75) is 90.4 Å². The number of alkyl halides is 1. The SMILES string of the molecule is CC(=O)OCC(=O)C1(O)C(C)CC2C3CCC4=CC(=O)C=CC4(C)C3(F)C(O[Si](C)(C)C)CC21C. The van der Waals surface area contributed by atoms with E-state index in [-0.39, 0.29) is 18.1 Å². The fourth-order valence-electron chi connectivity index (χ4n) is 7.94. The Labute approximate surface area is 208 Å². The topological polar surface area (TPSA) is 89.9 Å². The number of fused-ring (bicyclic) bond motifs is 5. The molecule has 0 heterocycles. The van der Waals surface area contributed by atoms with E-state index in [9.17, 15) is 19.5 Å². The van der Waals surface area contributed by atoms with Crippen molar-refractivity contribution in [2.24, 2.45) is 28.6 Å². The van der Waals surface area contributed by atoms with Crippen LogP contribution in [0.5, 0.6) is 0 Å². The molecule has 0 aromatic heterocycles. The highest BCUT2D eigenvalue weighted by atomic mass is 28.4. The molecule has 8 unspecified atom stereocenters. The van der Waals surface area contributed by atoms with Gasteiger partial charge < -0.3 is 14.3 Å². The summed E-state index contributed by atoms with van der Waals surface area (Å²) in [6.07, 6.45) is 5.67. The van der Waals surface area contributed by atoms with Gasteiger partial charge in [-0.25, -0.2) is 4.39 Å². The number of ether oxygens (including phenoxy) is 1. The molecule has 6 nitrogen and oxygen atoms in total. The molecule has 1 N–H and O–H groups in total. The van der Waals surface area contributed by atoms with E-state index in [2.05, 4.69) is 0 Å². The monoisotopic (exact) mass is 506 g/mol. The van der Waals surface area contributed by atoms with Crippen LogP contribution in [0.3, 0.4) is 0 Å². The van der Waals surface area contributed by atoms with E-state index in [0.717, 1.165) is 5.57 Å². The van der Waals surface area contributed by atoms with E-state index >= 15 is 4.39 Å². The van der Waals surface area contributed by atoms with Crippen molar-refractivity contribution < 1.29 is 33.0 Å². The number of Topliss-reactive ketones (excluding diaryl/α,β-unsaturated/α-hetero) is 1. The molecule has 8 atom stereocenters. The number of hydrogen-bond acceptors (Lipinski definition) is 6. The van der Waals surface area contributed by atoms with E-state index in [4.69, 9.17) is 9.16 Å². The van der Waals surface area contributed by atoms with Gasteiger partial charge in [0.05, 0.1) is 6.10 Å². The molecule has 0 saturated heterocycles. The van der Waals surface area contributed by atoms with Gasteiger partial charge in [-0.2, -0.15) is 0 Å². The standard InChI is InChI=1S/C27H39FO6Si/c1-16-12-21-20-9-8-18-13-19(30)10-11-24(18,3)26(20,28)23(34-35(5,6)7)14-25(21,4)27(16,32)22(31)15-33-17(2)29/h10-11,13,16,20-21,23,32H,8-9,12,14-15H2,1-7H3. The number of carbonyl (C=O) groups is 3. The molecule has 4 aliphatic rings. The highest BCUT2D eigenvalue weighted by molar-refractivity contribution is 6.69. The van der Waals surface area contributed by atoms with Crippen molar-refractivity contribution in [3.05, 3.63) is 23.8 Å². The van der Waals surface area contributed by atoms with Gasteiger partial charge in [0.25, 0.3) is 0 Å². The summed E-state index contributed by atoms with van der Waals surface area (Å²) in [6.45, 7) is 12.4. The summed E-state index contributed by atoms with van der Waals surface area (Å²) in [5.41, 5.74) is -4.70. The van der Waals surface area contributed by atoms with Gasteiger partial charge in [0, 0.05) is 23.7 Å². The summed E-state index contributed by atoms with van der Waals surface area (Å²) in [7, 11) is -2.25. The first-order chi connectivity index (χ1) is 16.0. The Morgan fingerprint density at radius 2 is 1.89 bits per heavy atom. The fourth-order valence-corrected chi connectivity index (χ4v) is 9.04. The highest BCUT2D eigenvalue weighted by Crippen LogP contribution is 2.71. The largest absolute Gasteiger partial charge is 0.458 e. The molecule has 0 aromatic carbocycles. The molecule has 3 fully saturated rings. The van der Waals surface area contributed by atoms with Crippen LogP contribution in [0.1, 0.15) is 53.4 Å². The first-order valence-corrected chi connectivity index (χ1v) is 16.1. The maximum absolute atomic E-state index is 18.0. The first-order valence-electron chi connectivity index (χ1n) is 12.7. The second-order valence-electron chi connectivity index (χ2n) is 12.6. The number of carbonyl (C=O) groups excluding carboxylic acids is 3. The molecule has 35 heavy (non-hydrogen) atoms. The first kappa shape index (κ1) is 26.4. The van der Waals surface area contributed by atoms with Crippen LogP contribution in [0.15, 0.2) is 23.8 Å². The molecule has 4 aliphatic carbocycles. The Balaban J connectivity index is 1.84. The van der Waals surface area contributed by atoms with Crippen molar-refractivity contribution in [1.29, 1.82) is 0 Å². The second-order valence-corrected chi connectivity index (χ2v) is 17.0. The number of ketones is 2. The lowest BCUT2D eigenvalue weighted by atomic mass is 9.44. The van der Waals surface area contributed by atoms with Crippen LogP contribution in [0, 0.1) is 28.6 Å². The Hall–Kier alpha value is -1.64. The van der Waals surface area contributed by atoms with E-state index < -0.39 is 66.7 Å². The van der Waals surface area contributed by atoms with Crippen LogP contribution in [0.2, 0.25) is 19.6 Å². The molecule has 8 heteroatoms. The van der Waals surface area contributed by atoms with Gasteiger partial charge in [0.15, 0.2) is 26.4 Å². The van der Waals surface area contributed by atoms with Crippen molar-refractivity contribution >= 4 is 25.9 Å². The smallest absolute Gasteiger partial charge is 0.303 e. The molecule has 0 bridgehead atoms. The molecule has 194 valence electrons. The molecule has 0 spiro atoms. The predicted octanol–water partition coefficient (Wildman–Crippen LogP) is 4.33. The Morgan fingerprint density at radius 3 is 2.49 bits per heavy atom. The van der Waals surface area contributed by atoms with Crippen LogP contribution >= 0.6 is 0 Å². The number of rotatable bonds is 5. The number of hydrogen-bond donors (Lipinski definition) is 1. The highest BCUT2D eigenvalue weighted by Gasteiger charge is 2.76. The quantitative estimate of drug-likeness (QED) is 0.441. The summed E-state index contributed by atoms with van der Waals surface area (Å²) in [5.74, 6) is -2.39. The Morgan fingerprint density at radius 1 is 1.23 bits per heavy atom. The third kappa shape index (κ3) is 3.65. The summed E-state index contributed by atoms with van der Waals surface area (Å²) in [6, 6.07) is 0. The van der Waals surface area contributed by atoms with E-state index in [1.807, 2.05) is 40.4 Å². The van der Waals surface area contributed by atoms with E-state index in [1.165, 1.54) is 13.0 Å². The predicted molar refractivity (Wildman–Crippen MR) is 132 cm³/mol. The lowest BCUT2D eigenvalue weighted by Crippen LogP contribution is -2.70. The molecule has 0 radical (unpaired) electrons. The third-order valence-corrected chi connectivity index (χ3v) is 10.5. The van der Waals surface area contributed by atoms with Gasteiger partial charge in [0.2, 0.25) is 5.78 Å². The van der Waals surface area contributed by atoms with E-state index in [0.29, 0.717) is 19.3 Å². The third-order valence-electron chi connectivity index (χ3n) is 9.53. The Kier molecular flexibility index (Phi) is 6.18. The maximum atomic E-state index is 18.0. The minimum atomic E-state index is -2.25. The average molecular weight is 507 g/mol. The molecule has 0 aliphatic heterocycles. The molecule has 3 saturated carbocycles. The van der Waals surface area contributed by atoms with Crippen LogP contribution in [-0.2, 0) is 23.5 Å². The number of aliphatic hydroxyl groups is 1. The molecular weight excluding hydrogens is 467 g/mol. The average Bonchev–Trinajstić information content (AvgIpc) is 2.94. The van der Waals surface area contributed by atoms with Gasteiger partial charge in [-0.3, -0.25) is 14.4 Å². The Bertz CT molecular complexity index is 1020. The van der Waals surface area contributed by atoms with Crippen LogP contribution in [0.25, 0.3) is 0 Å². The lowest BCUT2D eigenvalue weighted by molar-refractivity contribution is -0.215. The van der Waals surface area contributed by atoms with Crippen molar-refractivity contribution in [1.82, 2.24) is 0 Å². The summed E-state index contributed by atoms with van der Waals surface area (Å²) >= 11 is 0. The van der Waals surface area contributed by atoms with E-state index in [1.54, 1.807) is 12.2 Å². The normalized spacial score (nSPS) is 44.7. The number of allylic oxidation sites excluding steroid dienone is 4. The zero-order valence-electron chi connectivity index (χ0n) is 21.9. The molecule has 4 rings (SSSR count). The van der Waals surface area contributed by atoms with Gasteiger partial charge in [0.1, 0.15) is 5.60 Å². The number of esters is 1. The molecule has 0 amide bonds. The molecule has 0 aromatic rings. The second kappa shape index (κ2) is 8.18. The molecular formula is C27H39FO6Si. The van der Waals surface area contributed by atoms with Gasteiger partial charge in [-0.05, 0) is 76.2 Å². The minimum absolute atomic E-state index is 0.122. The van der Waals surface area contributed by atoms with Gasteiger partial charge in [-0.1, -0.05) is 25.5 Å². The van der Waals surface area contributed by atoms with Crippen LogP contribution < -0.4 is 0 Å². The summed E-state index contributed by atoms with van der Waals surface area (Å²) < 4.78 is 29.5. The zero-order chi connectivity index (χ0) is 26.2. The van der Waals surface area contributed by atoms with Crippen molar-refractivity contribution in [2.75, 3.05) is 6.61 Å². The van der Waals surface area contributed by atoms with Crippen LogP contribution in [0.4, 0.5) is 4.39 Å². The minimum Gasteiger partial charge on any atom is -0.458 e. The van der Waals surface area contributed by atoms with Crippen molar-refractivity contribution in [3.63, 3.8) is 0 Å².